The van der Waals surface area contributed by atoms with E-state index in [0.717, 1.165) is 5.69 Å². The zero-order valence-electron chi connectivity index (χ0n) is 7.45. The van der Waals surface area contributed by atoms with Crippen molar-refractivity contribution >= 4 is 5.91 Å². The summed E-state index contributed by atoms with van der Waals surface area (Å²) in [5.74, 6) is -0.121. The van der Waals surface area contributed by atoms with Gasteiger partial charge in [0.25, 0.3) is 5.91 Å². The Morgan fingerprint density at radius 1 is 1.50 bits per heavy atom. The fourth-order valence-electron chi connectivity index (χ4n) is 1.13. The topological polar surface area (TPSA) is 73.6 Å². The lowest BCUT2D eigenvalue weighted by Crippen LogP contribution is -2.23. The lowest BCUT2D eigenvalue weighted by atomic mass is 10.4. The Balaban J connectivity index is 1.90. The third kappa shape index (κ3) is 1.82. The van der Waals surface area contributed by atoms with Gasteiger partial charge in [0.05, 0.1) is 12.2 Å². The number of carbonyl (C=O) groups excluding carboxylic acids is 1. The van der Waals surface area contributed by atoms with E-state index in [1.54, 1.807) is 24.5 Å². The molecule has 0 aromatic carbocycles. The highest BCUT2D eigenvalue weighted by Gasteiger charge is 2.04. The van der Waals surface area contributed by atoms with Gasteiger partial charge >= 0.3 is 0 Å². The van der Waals surface area contributed by atoms with Gasteiger partial charge in [0.2, 0.25) is 0 Å². The van der Waals surface area contributed by atoms with Crippen LogP contribution in [0.4, 0.5) is 0 Å². The van der Waals surface area contributed by atoms with Crippen LogP contribution in [-0.2, 0) is 6.54 Å². The van der Waals surface area contributed by atoms with Gasteiger partial charge in [-0.05, 0) is 18.2 Å². The van der Waals surface area contributed by atoms with Crippen LogP contribution in [0.15, 0.2) is 30.6 Å². The van der Waals surface area contributed by atoms with E-state index in [4.69, 9.17) is 0 Å². The normalized spacial score (nSPS) is 10.0. The second-order valence-electron chi connectivity index (χ2n) is 2.85. The summed E-state index contributed by atoms with van der Waals surface area (Å²) in [5, 5.41) is 9.29. The minimum atomic E-state index is -0.121. The van der Waals surface area contributed by atoms with Gasteiger partial charge in [-0.15, -0.1) is 0 Å². The number of aromatic nitrogens is 3. The standard InChI is InChI=1S/C9H10N4O/c14-9(8-2-1-4-10-8)11-6-7-3-5-12-13-7/h1-5,10H,6H2,(H,11,14)(H,12,13). The van der Waals surface area contributed by atoms with E-state index in [9.17, 15) is 4.79 Å². The fourth-order valence-corrected chi connectivity index (χ4v) is 1.13. The molecule has 0 unspecified atom stereocenters. The van der Waals surface area contributed by atoms with Crippen molar-refractivity contribution in [2.75, 3.05) is 0 Å². The molecule has 2 aromatic heterocycles. The highest BCUT2D eigenvalue weighted by molar-refractivity contribution is 5.92. The molecule has 2 heterocycles. The molecule has 0 fully saturated rings. The van der Waals surface area contributed by atoms with Gasteiger partial charge in [0, 0.05) is 12.4 Å². The van der Waals surface area contributed by atoms with Crippen LogP contribution in [0.5, 0.6) is 0 Å². The summed E-state index contributed by atoms with van der Waals surface area (Å²) in [4.78, 5) is 14.3. The van der Waals surface area contributed by atoms with E-state index >= 15 is 0 Å². The summed E-state index contributed by atoms with van der Waals surface area (Å²) in [6.45, 7) is 0.456. The molecule has 2 aromatic rings. The summed E-state index contributed by atoms with van der Waals surface area (Å²) in [5.41, 5.74) is 1.44. The van der Waals surface area contributed by atoms with Gasteiger partial charge in [-0.25, -0.2) is 0 Å². The van der Waals surface area contributed by atoms with Crippen LogP contribution in [0, 0.1) is 0 Å². The monoisotopic (exact) mass is 190 g/mol. The van der Waals surface area contributed by atoms with Gasteiger partial charge in [0.1, 0.15) is 5.69 Å². The van der Waals surface area contributed by atoms with E-state index in [0.29, 0.717) is 12.2 Å². The Morgan fingerprint density at radius 3 is 3.07 bits per heavy atom. The predicted molar refractivity (Wildman–Crippen MR) is 50.6 cm³/mol. The molecule has 5 nitrogen and oxygen atoms in total. The van der Waals surface area contributed by atoms with Crippen molar-refractivity contribution in [3.05, 3.63) is 42.0 Å². The molecule has 5 heteroatoms. The molecule has 0 spiro atoms. The van der Waals surface area contributed by atoms with Gasteiger partial charge in [-0.3, -0.25) is 9.89 Å². The first-order chi connectivity index (χ1) is 6.86. The molecule has 0 aliphatic rings. The number of hydrogen-bond donors (Lipinski definition) is 3. The van der Waals surface area contributed by atoms with Gasteiger partial charge < -0.3 is 10.3 Å². The minimum absolute atomic E-state index is 0.121. The van der Waals surface area contributed by atoms with Crippen molar-refractivity contribution in [1.82, 2.24) is 20.5 Å². The number of carbonyl (C=O) groups is 1. The Bertz CT molecular complexity index is 390. The minimum Gasteiger partial charge on any atom is -0.357 e. The van der Waals surface area contributed by atoms with Crippen LogP contribution in [0.1, 0.15) is 16.2 Å². The first-order valence-electron chi connectivity index (χ1n) is 4.26. The maximum atomic E-state index is 11.4. The first-order valence-corrected chi connectivity index (χ1v) is 4.26. The predicted octanol–water partition coefficient (Wildman–Crippen LogP) is 0.668. The lowest BCUT2D eigenvalue weighted by Gasteiger charge is -2.00. The summed E-state index contributed by atoms with van der Waals surface area (Å²) >= 11 is 0. The van der Waals surface area contributed by atoms with Crippen LogP contribution >= 0.6 is 0 Å². The molecule has 0 bridgehead atoms. The van der Waals surface area contributed by atoms with Crippen LogP contribution in [0.2, 0.25) is 0 Å². The van der Waals surface area contributed by atoms with E-state index < -0.39 is 0 Å². The molecule has 72 valence electrons. The lowest BCUT2D eigenvalue weighted by molar-refractivity contribution is 0.0946. The van der Waals surface area contributed by atoms with E-state index in [-0.39, 0.29) is 5.91 Å². The summed E-state index contributed by atoms with van der Waals surface area (Å²) in [6, 6.07) is 5.32. The largest absolute Gasteiger partial charge is 0.357 e. The molecule has 0 saturated carbocycles. The average molecular weight is 190 g/mol. The summed E-state index contributed by atoms with van der Waals surface area (Å²) in [7, 11) is 0. The third-order valence-electron chi connectivity index (χ3n) is 1.84. The molecular weight excluding hydrogens is 180 g/mol. The fraction of sp³-hybridized carbons (Fsp3) is 0.111. The van der Waals surface area contributed by atoms with Crippen LogP contribution in [-0.4, -0.2) is 21.1 Å². The molecule has 0 radical (unpaired) electrons. The number of H-pyrrole nitrogens is 2. The van der Waals surface area contributed by atoms with Crippen LogP contribution in [0.3, 0.4) is 0 Å². The zero-order chi connectivity index (χ0) is 9.80. The first kappa shape index (κ1) is 8.55. The second-order valence-corrected chi connectivity index (χ2v) is 2.85. The van der Waals surface area contributed by atoms with Crippen molar-refractivity contribution in [3.63, 3.8) is 0 Å². The maximum Gasteiger partial charge on any atom is 0.268 e. The second kappa shape index (κ2) is 3.78. The van der Waals surface area contributed by atoms with Crippen molar-refractivity contribution < 1.29 is 4.79 Å². The average Bonchev–Trinajstić information content (AvgIpc) is 2.87. The van der Waals surface area contributed by atoms with E-state index in [1.165, 1.54) is 0 Å². The summed E-state index contributed by atoms with van der Waals surface area (Å²) in [6.07, 6.45) is 3.36. The number of amides is 1. The van der Waals surface area contributed by atoms with E-state index in [1.807, 2.05) is 6.07 Å². The molecular formula is C9H10N4O. The van der Waals surface area contributed by atoms with Gasteiger partial charge in [-0.2, -0.15) is 5.10 Å². The molecule has 1 amide bonds. The van der Waals surface area contributed by atoms with Crippen molar-refractivity contribution in [3.8, 4) is 0 Å². The Hall–Kier alpha value is -2.04. The summed E-state index contributed by atoms with van der Waals surface area (Å²) < 4.78 is 0. The SMILES string of the molecule is O=C(NCc1ccn[nH]1)c1ccc[nH]1. The number of aromatic amines is 2. The highest BCUT2D eigenvalue weighted by Crippen LogP contribution is 1.95. The molecule has 0 atom stereocenters. The zero-order valence-corrected chi connectivity index (χ0v) is 7.45. The number of nitrogens with zero attached hydrogens (tertiary/aromatic N) is 1. The van der Waals surface area contributed by atoms with Crippen LogP contribution in [0.25, 0.3) is 0 Å². The molecule has 0 aliphatic carbocycles. The third-order valence-corrected chi connectivity index (χ3v) is 1.84. The molecule has 2 rings (SSSR count). The van der Waals surface area contributed by atoms with Crippen molar-refractivity contribution in [2.45, 2.75) is 6.54 Å². The molecule has 0 saturated heterocycles. The number of rotatable bonds is 3. The van der Waals surface area contributed by atoms with Gasteiger partial charge in [-0.1, -0.05) is 0 Å². The number of hydrogen-bond acceptors (Lipinski definition) is 2. The van der Waals surface area contributed by atoms with Crippen LogP contribution < -0.4 is 5.32 Å². The Labute approximate surface area is 80.5 Å². The molecule has 14 heavy (non-hydrogen) atoms. The van der Waals surface area contributed by atoms with Gasteiger partial charge in [0.15, 0.2) is 0 Å². The maximum absolute atomic E-state index is 11.4. The van der Waals surface area contributed by atoms with Crippen molar-refractivity contribution in [1.29, 1.82) is 0 Å². The Morgan fingerprint density at radius 2 is 2.43 bits per heavy atom. The van der Waals surface area contributed by atoms with Crippen molar-refractivity contribution in [2.24, 2.45) is 0 Å². The molecule has 0 aliphatic heterocycles. The van der Waals surface area contributed by atoms with E-state index in [2.05, 4.69) is 20.5 Å². The Kier molecular flexibility index (Phi) is 2.31. The smallest absolute Gasteiger partial charge is 0.268 e. The quantitative estimate of drug-likeness (QED) is 0.665. The number of nitrogens with one attached hydrogen (secondary N) is 3. The highest BCUT2D eigenvalue weighted by atomic mass is 16.1. The molecule has 3 N–H and O–H groups in total.